The van der Waals surface area contributed by atoms with Crippen LogP contribution in [0.2, 0.25) is 6.82 Å². The van der Waals surface area contributed by atoms with Crippen LogP contribution < -0.4 is 0 Å². The third-order valence-corrected chi connectivity index (χ3v) is 0. The molecule has 0 amide bonds. The summed E-state index contributed by atoms with van der Waals surface area (Å²) in [6.45, 7) is 2.00. The Balaban J connectivity index is -0.00000000972. The van der Waals surface area contributed by atoms with Crippen molar-refractivity contribution >= 4 is 37.1 Å². The van der Waals surface area contributed by atoms with E-state index >= 15 is 0 Å². The minimum absolute atomic E-state index is 0. The summed E-state index contributed by atoms with van der Waals surface area (Å²) in [5.41, 5.74) is 0. The molecule has 0 saturated heterocycles. The molecule has 0 unspecified atom stereocenters. The second kappa shape index (κ2) is 22.4. The molecule has 70 valence electrons. The van der Waals surface area contributed by atoms with Crippen LogP contribution in [0, 0.1) is 0 Å². The van der Waals surface area contributed by atoms with E-state index in [1.165, 1.54) is 0 Å². The van der Waals surface area contributed by atoms with Crippen LogP contribution in [-0.2, 0) is 10.4 Å². The molecule has 0 aromatic rings. The molecule has 0 fully saturated rings. The van der Waals surface area contributed by atoms with Gasteiger partial charge in [0.05, 0.1) is 7.85 Å². The van der Waals surface area contributed by atoms with Crippen molar-refractivity contribution in [2.45, 2.75) is 6.82 Å². The molecule has 0 aromatic carbocycles. The van der Waals surface area contributed by atoms with E-state index in [1.54, 1.807) is 0 Å². The maximum absolute atomic E-state index is 8.74. The van der Waals surface area contributed by atoms with Gasteiger partial charge in [0.2, 0.25) is 0 Å². The first-order valence-corrected chi connectivity index (χ1v) is 3.10. The Hall–Kier alpha value is 0.322. The van der Waals surface area contributed by atoms with Gasteiger partial charge in [-0.3, -0.25) is 23.2 Å². The number of rotatable bonds is 0. The fourth-order valence-corrected chi connectivity index (χ4v) is 0. The fourth-order valence-electron chi connectivity index (χ4n) is 0. The standard InChI is InChI=1S/CH5B.3FH.Li.H2O4S.H/c1-2;;;;;1-5(2,3)4;/h2H2,1H3;3*1H;;(H2,1,2,3,4);. The molecule has 0 atom stereocenters. The molecule has 0 aliphatic rings. The van der Waals surface area contributed by atoms with Crippen LogP contribution in [0.4, 0.5) is 14.1 Å². The van der Waals surface area contributed by atoms with E-state index in [1.807, 2.05) is 14.7 Å². The molecular formula is CH11BF3LiO4S. The summed E-state index contributed by atoms with van der Waals surface area (Å²) in [4.78, 5) is 0. The van der Waals surface area contributed by atoms with E-state index in [2.05, 4.69) is 0 Å². The average molecular weight is 194 g/mol. The molecule has 0 radical (unpaired) electrons. The summed E-state index contributed by atoms with van der Waals surface area (Å²) in [6.07, 6.45) is 0. The third-order valence-electron chi connectivity index (χ3n) is 0. The van der Waals surface area contributed by atoms with Crippen LogP contribution in [0.3, 0.4) is 0 Å². The summed E-state index contributed by atoms with van der Waals surface area (Å²) < 4.78 is 31.6. The SMILES string of the molecule is BC.F.F.F.O=S(=O)(O)O.[LiH]. The van der Waals surface area contributed by atoms with E-state index in [0.717, 1.165) is 0 Å². The van der Waals surface area contributed by atoms with Crippen LogP contribution in [-0.4, -0.2) is 44.2 Å². The second-order valence-electron chi connectivity index (χ2n) is 0.448. The first-order valence-electron chi connectivity index (χ1n) is 1.70. The summed E-state index contributed by atoms with van der Waals surface area (Å²) in [6, 6.07) is 0. The van der Waals surface area contributed by atoms with Crippen molar-refractivity contribution in [1.29, 1.82) is 0 Å². The molecule has 0 aliphatic carbocycles. The van der Waals surface area contributed by atoms with Crippen LogP contribution in [0.1, 0.15) is 0 Å². The van der Waals surface area contributed by atoms with Crippen molar-refractivity contribution in [1.82, 2.24) is 0 Å². The normalized spacial score (nSPS) is 5.73. The second-order valence-corrected chi connectivity index (χ2v) is 1.34. The topological polar surface area (TPSA) is 74.6 Å². The Morgan fingerprint density at radius 3 is 1.00 bits per heavy atom. The average Bonchev–Trinajstić information content (AvgIpc) is 1.36. The molecule has 0 heterocycles. The molecule has 0 spiro atoms. The van der Waals surface area contributed by atoms with Gasteiger partial charge in [0.15, 0.2) is 0 Å². The summed E-state index contributed by atoms with van der Waals surface area (Å²) >= 11 is 0. The zero-order valence-electron chi connectivity index (χ0n) is 5.34. The van der Waals surface area contributed by atoms with Gasteiger partial charge in [0, 0.05) is 0 Å². The van der Waals surface area contributed by atoms with Crippen molar-refractivity contribution in [3.63, 3.8) is 0 Å². The van der Waals surface area contributed by atoms with Crippen molar-refractivity contribution in [3.05, 3.63) is 0 Å². The Morgan fingerprint density at radius 2 is 1.00 bits per heavy atom. The minimum atomic E-state index is -4.67. The van der Waals surface area contributed by atoms with Crippen molar-refractivity contribution in [3.8, 4) is 0 Å². The van der Waals surface area contributed by atoms with Gasteiger partial charge in [-0.25, -0.2) is 0 Å². The number of halogens is 3. The molecule has 0 rings (SSSR count). The van der Waals surface area contributed by atoms with Crippen LogP contribution >= 0.6 is 0 Å². The first-order chi connectivity index (χ1) is 3.00. The van der Waals surface area contributed by atoms with Gasteiger partial charge in [-0.15, -0.1) is 0 Å². The van der Waals surface area contributed by atoms with Gasteiger partial charge in [0.25, 0.3) is 0 Å². The zero-order valence-corrected chi connectivity index (χ0v) is 6.16. The zero-order chi connectivity index (χ0) is 6.50. The predicted molar refractivity (Wildman–Crippen MR) is 43.2 cm³/mol. The van der Waals surface area contributed by atoms with E-state index in [0.29, 0.717) is 0 Å². The van der Waals surface area contributed by atoms with Crippen LogP contribution in [0.25, 0.3) is 0 Å². The van der Waals surface area contributed by atoms with Gasteiger partial charge < -0.3 is 0 Å². The summed E-state index contributed by atoms with van der Waals surface area (Å²) in [5, 5.41) is 0. The summed E-state index contributed by atoms with van der Waals surface area (Å²) in [7, 11) is -2.67. The van der Waals surface area contributed by atoms with Crippen LogP contribution in [0.5, 0.6) is 0 Å². The van der Waals surface area contributed by atoms with Gasteiger partial charge >= 0.3 is 29.3 Å². The number of hydrogen-bond donors (Lipinski definition) is 2. The predicted octanol–water partition coefficient (Wildman–Crippen LogP) is -1.18. The Labute approximate surface area is 76.0 Å². The van der Waals surface area contributed by atoms with Gasteiger partial charge in [-0.05, 0) is 0 Å². The summed E-state index contributed by atoms with van der Waals surface area (Å²) in [5.74, 6) is 0. The Morgan fingerprint density at radius 1 is 1.00 bits per heavy atom. The van der Waals surface area contributed by atoms with Crippen molar-refractivity contribution in [2.75, 3.05) is 0 Å². The van der Waals surface area contributed by atoms with Crippen LogP contribution in [0.15, 0.2) is 0 Å². The first kappa shape index (κ1) is 42.6. The fraction of sp³-hybridized carbons (Fsp3) is 1.00. The van der Waals surface area contributed by atoms with Crippen molar-refractivity contribution < 1.29 is 31.6 Å². The van der Waals surface area contributed by atoms with Gasteiger partial charge in [-0.1, -0.05) is 6.82 Å². The molecule has 0 aliphatic heterocycles. The quantitative estimate of drug-likeness (QED) is 0.376. The molecule has 11 heavy (non-hydrogen) atoms. The van der Waals surface area contributed by atoms with E-state index in [9.17, 15) is 0 Å². The molecule has 10 heteroatoms. The Bertz CT molecular complexity index is 109. The molecule has 0 aromatic heterocycles. The Kier molecular flexibility index (Phi) is 86.9. The molecule has 0 saturated carbocycles. The van der Waals surface area contributed by atoms with E-state index in [-0.39, 0.29) is 33.0 Å². The molecule has 4 nitrogen and oxygen atoms in total. The molecule has 0 bridgehead atoms. The molecular weight excluding hydrogens is 183 g/mol. The van der Waals surface area contributed by atoms with E-state index < -0.39 is 10.4 Å². The number of hydrogen-bond acceptors (Lipinski definition) is 2. The third kappa shape index (κ3) is 6880. The van der Waals surface area contributed by atoms with Crippen molar-refractivity contribution in [2.24, 2.45) is 0 Å². The monoisotopic (exact) mass is 194 g/mol. The maximum atomic E-state index is 8.74. The molecule has 2 N–H and O–H groups in total. The van der Waals surface area contributed by atoms with Gasteiger partial charge in [-0.2, -0.15) is 8.42 Å². The van der Waals surface area contributed by atoms with E-state index in [4.69, 9.17) is 17.5 Å². The van der Waals surface area contributed by atoms with Gasteiger partial charge in [0.1, 0.15) is 0 Å².